The van der Waals surface area contributed by atoms with Crippen LogP contribution in [0.5, 0.6) is 0 Å². The zero-order valence-corrected chi connectivity index (χ0v) is 20.1. The van der Waals surface area contributed by atoms with Gasteiger partial charge in [0.15, 0.2) is 11.9 Å². The van der Waals surface area contributed by atoms with Gasteiger partial charge in [0, 0.05) is 24.2 Å². The maximum atomic E-state index is 4.58. The third-order valence-electron chi connectivity index (χ3n) is 3.93. The van der Waals surface area contributed by atoms with Crippen molar-refractivity contribution in [2.24, 2.45) is 0 Å². The SMILES string of the molecule is C[N-]c1cc(C)nn1-c1nsc(CCc2nc(-n3nc(C)cc3[N-]C)ns2)n1.[Pt+2]. The van der Waals surface area contributed by atoms with Gasteiger partial charge in [0.05, 0.1) is 0 Å². The number of nitrogens with zero attached hydrogens (tertiary/aromatic N) is 10. The van der Waals surface area contributed by atoms with E-state index in [1.54, 1.807) is 23.5 Å². The Bertz CT molecular complexity index is 1010. The Hall–Kier alpha value is -2.17. The van der Waals surface area contributed by atoms with Crippen LogP contribution in [-0.4, -0.2) is 52.4 Å². The summed E-state index contributed by atoms with van der Waals surface area (Å²) in [5, 5.41) is 19.1. The van der Waals surface area contributed by atoms with Gasteiger partial charge in [-0.1, -0.05) is 14.1 Å². The predicted molar refractivity (Wildman–Crippen MR) is 109 cm³/mol. The standard InChI is InChI=1S/C16H18N10S2.Pt/c1-9-7-11(17-3)25(21-9)15-19-13(27-23-15)5-6-14-20-16(24-28-14)26-12(18-4)8-10(2)22-26;/h7-8H,5-6H2,1-4H3;/q-2;+2. The molecule has 4 aromatic rings. The van der Waals surface area contributed by atoms with Crippen LogP contribution in [0.1, 0.15) is 21.4 Å². The number of rotatable bonds is 7. The molecule has 10 nitrogen and oxygen atoms in total. The van der Waals surface area contributed by atoms with Gasteiger partial charge in [0.2, 0.25) is 0 Å². The summed E-state index contributed by atoms with van der Waals surface area (Å²) < 4.78 is 12.1. The number of aromatic nitrogens is 8. The molecule has 0 fully saturated rings. The molecule has 0 aromatic carbocycles. The zero-order chi connectivity index (χ0) is 19.7. The van der Waals surface area contributed by atoms with E-state index >= 15 is 0 Å². The van der Waals surface area contributed by atoms with E-state index in [-0.39, 0.29) is 21.1 Å². The molecule has 29 heavy (non-hydrogen) atoms. The van der Waals surface area contributed by atoms with Gasteiger partial charge >= 0.3 is 21.1 Å². The van der Waals surface area contributed by atoms with Crippen LogP contribution in [0.2, 0.25) is 0 Å². The molecule has 0 bridgehead atoms. The first kappa shape index (κ1) is 21.5. The molecule has 4 heterocycles. The molecule has 0 saturated carbocycles. The molecule has 0 radical (unpaired) electrons. The Labute approximate surface area is 190 Å². The van der Waals surface area contributed by atoms with Gasteiger partial charge in [-0.2, -0.15) is 8.75 Å². The van der Waals surface area contributed by atoms with Crippen molar-refractivity contribution < 1.29 is 21.1 Å². The smallest absolute Gasteiger partial charge is 0.467 e. The van der Waals surface area contributed by atoms with Gasteiger partial charge in [-0.15, -0.1) is 0 Å². The van der Waals surface area contributed by atoms with Gasteiger partial charge in [-0.3, -0.25) is 10.2 Å². The predicted octanol–water partition coefficient (Wildman–Crippen LogP) is 3.43. The fraction of sp³-hybridized carbons (Fsp3) is 0.375. The van der Waals surface area contributed by atoms with Crippen LogP contribution in [0.3, 0.4) is 0 Å². The average molecular weight is 610 g/mol. The molecule has 4 rings (SSSR count). The molecule has 0 atom stereocenters. The second-order valence-corrected chi connectivity index (χ2v) is 7.71. The third kappa shape index (κ3) is 4.54. The van der Waals surface area contributed by atoms with E-state index in [0.29, 0.717) is 11.9 Å². The Morgan fingerprint density at radius 3 is 1.59 bits per heavy atom. The van der Waals surface area contributed by atoms with Crippen molar-refractivity contribution in [3.8, 4) is 11.9 Å². The maximum Gasteiger partial charge on any atom is 2.00 e. The first-order valence-corrected chi connectivity index (χ1v) is 10.1. The quantitative estimate of drug-likeness (QED) is 0.317. The summed E-state index contributed by atoms with van der Waals surface area (Å²) in [6.07, 6.45) is 1.46. The summed E-state index contributed by atoms with van der Waals surface area (Å²) in [7, 11) is 3.46. The molecule has 0 aliphatic rings. The van der Waals surface area contributed by atoms with Crippen LogP contribution in [0, 0.1) is 13.8 Å². The van der Waals surface area contributed by atoms with Gasteiger partial charge in [-0.05, 0) is 60.7 Å². The van der Waals surface area contributed by atoms with Gasteiger partial charge in [0.25, 0.3) is 0 Å². The van der Waals surface area contributed by atoms with Gasteiger partial charge in [0.1, 0.15) is 10.0 Å². The Morgan fingerprint density at radius 2 is 1.21 bits per heavy atom. The number of hydrogen-bond acceptors (Lipinski definition) is 8. The maximum absolute atomic E-state index is 4.58. The molecule has 0 amide bonds. The van der Waals surface area contributed by atoms with Crippen LogP contribution >= 0.6 is 23.1 Å². The summed E-state index contributed by atoms with van der Waals surface area (Å²) in [5.41, 5.74) is 1.76. The minimum Gasteiger partial charge on any atom is -0.467 e. The summed E-state index contributed by atoms with van der Waals surface area (Å²) >= 11 is 2.73. The van der Waals surface area contributed by atoms with Crippen LogP contribution in [0.15, 0.2) is 12.1 Å². The number of hydrogen-bond donors (Lipinski definition) is 0. The van der Waals surface area contributed by atoms with Crippen molar-refractivity contribution in [1.82, 2.24) is 38.3 Å². The molecule has 4 aromatic heterocycles. The second-order valence-electron chi connectivity index (χ2n) is 6.03. The summed E-state index contributed by atoms with van der Waals surface area (Å²) in [6, 6.07) is 3.80. The third-order valence-corrected chi connectivity index (χ3v) is 5.45. The fourth-order valence-corrected chi connectivity index (χ4v) is 3.91. The van der Waals surface area contributed by atoms with E-state index in [4.69, 9.17) is 0 Å². The molecule has 0 spiro atoms. The Balaban J connectivity index is 0.00000240. The van der Waals surface area contributed by atoms with Crippen LogP contribution in [0.4, 0.5) is 11.6 Å². The minimum absolute atomic E-state index is 0. The van der Waals surface area contributed by atoms with Gasteiger partial charge in [-0.25, -0.2) is 9.97 Å². The Morgan fingerprint density at radius 1 is 0.793 bits per heavy atom. The van der Waals surface area contributed by atoms with Crippen molar-refractivity contribution in [1.29, 1.82) is 0 Å². The summed E-state index contributed by atoms with van der Waals surface area (Å²) in [6.45, 7) is 3.84. The van der Waals surface area contributed by atoms with Crippen LogP contribution in [-0.2, 0) is 33.9 Å². The minimum atomic E-state index is 0. The van der Waals surface area contributed by atoms with E-state index in [2.05, 4.69) is 39.5 Å². The molecule has 0 aliphatic carbocycles. The van der Waals surface area contributed by atoms with Crippen molar-refractivity contribution in [3.63, 3.8) is 0 Å². The largest absolute Gasteiger partial charge is 2.00 e. The Kier molecular flexibility index (Phi) is 6.76. The molecule has 13 heteroatoms. The summed E-state index contributed by atoms with van der Waals surface area (Å²) in [5.74, 6) is 2.57. The summed E-state index contributed by atoms with van der Waals surface area (Å²) in [4.78, 5) is 9.17. The number of aryl methyl sites for hydroxylation is 4. The topological polar surface area (TPSA) is 115 Å². The average Bonchev–Trinajstić information content (AvgIpc) is 3.45. The molecular formula is C16H18N10PtS2. The molecule has 0 unspecified atom stereocenters. The second kappa shape index (κ2) is 9.10. The fourth-order valence-electron chi connectivity index (χ4n) is 2.67. The monoisotopic (exact) mass is 609 g/mol. The normalized spacial score (nSPS) is 10.8. The van der Waals surface area contributed by atoms with Crippen molar-refractivity contribution >= 4 is 34.7 Å². The molecule has 0 aliphatic heterocycles. The molecule has 0 saturated heterocycles. The van der Waals surface area contributed by atoms with Crippen LogP contribution < -0.4 is 0 Å². The van der Waals surface area contributed by atoms with E-state index in [0.717, 1.165) is 45.9 Å². The van der Waals surface area contributed by atoms with E-state index in [9.17, 15) is 0 Å². The first-order valence-electron chi connectivity index (χ1n) is 8.56. The van der Waals surface area contributed by atoms with Gasteiger partial charge < -0.3 is 20.0 Å². The van der Waals surface area contributed by atoms with E-state index < -0.39 is 0 Å². The van der Waals surface area contributed by atoms with Crippen molar-refractivity contribution in [2.45, 2.75) is 26.7 Å². The van der Waals surface area contributed by atoms with Crippen LogP contribution in [0.25, 0.3) is 22.5 Å². The molecule has 0 N–H and O–H groups in total. The molecule has 154 valence electrons. The van der Waals surface area contributed by atoms with Crippen molar-refractivity contribution in [2.75, 3.05) is 14.1 Å². The van der Waals surface area contributed by atoms with E-state index in [1.165, 1.54) is 23.1 Å². The molecular weight excluding hydrogens is 591 g/mol. The zero-order valence-electron chi connectivity index (χ0n) is 16.2. The first-order chi connectivity index (χ1) is 13.6. The van der Waals surface area contributed by atoms with Crippen molar-refractivity contribution in [3.05, 3.63) is 44.2 Å². The van der Waals surface area contributed by atoms with E-state index in [1.807, 2.05) is 26.0 Å².